The Morgan fingerprint density at radius 1 is 1.12 bits per heavy atom. The fraction of sp³-hybridized carbons (Fsp3) is 0. The Morgan fingerprint density at radius 2 is 1.12 bits per heavy atom. The first kappa shape index (κ1) is 22.9. The van der Waals surface area contributed by atoms with Crippen LogP contribution in [0.25, 0.3) is 0 Å². The molecule has 8 heavy (non-hydrogen) atoms. The molecule has 0 rings (SSSR count). The first-order chi connectivity index (χ1) is 2.00. The summed E-state index contributed by atoms with van der Waals surface area (Å²) in [7, 11) is -4.67. The van der Waals surface area contributed by atoms with Gasteiger partial charge in [0, 0.05) is 34.1 Å². The van der Waals surface area contributed by atoms with Crippen LogP contribution in [0.15, 0.2) is 0 Å². The molecule has 0 bridgehead atoms. The molecule has 0 fully saturated rings. The molecule has 55 valence electrons. The van der Waals surface area contributed by atoms with Crippen molar-refractivity contribution in [3.8, 4) is 0 Å². The molecule has 0 heterocycles. The van der Waals surface area contributed by atoms with Crippen LogP contribution in [0.4, 0.5) is 0 Å². The van der Waals surface area contributed by atoms with E-state index in [0.717, 1.165) is 0 Å². The van der Waals surface area contributed by atoms with E-state index in [1.165, 1.54) is 0 Å². The summed E-state index contributed by atoms with van der Waals surface area (Å²) in [6, 6.07) is 0. The van der Waals surface area contributed by atoms with Gasteiger partial charge in [0.2, 0.25) is 0 Å². The molecule has 0 unspecified atom stereocenters. The summed E-state index contributed by atoms with van der Waals surface area (Å²) < 4.78 is 31.6. The van der Waals surface area contributed by atoms with Gasteiger partial charge in [-0.1, -0.05) is 0 Å². The summed E-state index contributed by atoms with van der Waals surface area (Å²) in [6.07, 6.45) is 0. The molecule has 0 aliphatic heterocycles. The topological polar surface area (TPSA) is 74.6 Å². The Balaban J connectivity index is -0.0000000267. The minimum atomic E-state index is -4.67. The molecule has 0 spiro atoms. The van der Waals surface area contributed by atoms with Crippen molar-refractivity contribution in [3.05, 3.63) is 0 Å². The van der Waals surface area contributed by atoms with E-state index >= 15 is 0 Å². The molecule has 0 aliphatic rings. The Bertz CT molecular complexity index is 99.2. The van der Waals surface area contributed by atoms with Crippen LogP contribution >= 0.6 is 12.4 Å². The minimum absolute atomic E-state index is 0. The molecule has 1 radical (unpaired) electrons. The van der Waals surface area contributed by atoms with E-state index in [2.05, 4.69) is 0 Å². The molecule has 4 nitrogen and oxygen atoms in total. The van der Waals surface area contributed by atoms with Crippen molar-refractivity contribution in [2.24, 2.45) is 0 Å². The zero-order valence-electron chi connectivity index (χ0n) is 3.26. The van der Waals surface area contributed by atoms with Crippen LogP contribution in [0.5, 0.6) is 0 Å². The number of halogens is 1. The smallest absolute Gasteiger partial charge is 0.264 e. The van der Waals surface area contributed by atoms with Gasteiger partial charge in [-0.25, -0.2) is 0 Å². The van der Waals surface area contributed by atoms with Gasteiger partial charge in [-0.2, -0.15) is 8.42 Å². The van der Waals surface area contributed by atoms with Gasteiger partial charge in [-0.3, -0.25) is 9.11 Å². The zero-order valence-corrected chi connectivity index (χ0v) is 7.18. The third-order valence-electron chi connectivity index (χ3n) is 0. The standard InChI is InChI=1S/ClH.Fe.Mn.H2O4S/c;;;1-5(2,3)4/h1H;;;(H2,1,2,3,4). The molecule has 0 saturated heterocycles. The van der Waals surface area contributed by atoms with Gasteiger partial charge in [0.15, 0.2) is 0 Å². The van der Waals surface area contributed by atoms with Gasteiger partial charge in [-0.15, -0.1) is 12.4 Å². The maximum atomic E-state index is 8.74. The molecule has 0 aromatic carbocycles. The van der Waals surface area contributed by atoms with Crippen molar-refractivity contribution >= 4 is 22.8 Å². The van der Waals surface area contributed by atoms with Gasteiger partial charge in [0.25, 0.3) is 0 Å². The Hall–Kier alpha value is 1.20. The van der Waals surface area contributed by atoms with Crippen molar-refractivity contribution in [1.82, 2.24) is 0 Å². The number of rotatable bonds is 0. The second kappa shape index (κ2) is 8.20. The first-order valence-electron chi connectivity index (χ1n) is 0.698. The van der Waals surface area contributed by atoms with E-state index in [4.69, 9.17) is 17.5 Å². The van der Waals surface area contributed by atoms with Crippen LogP contribution in [0.1, 0.15) is 0 Å². The molecule has 0 saturated carbocycles. The van der Waals surface area contributed by atoms with Crippen molar-refractivity contribution in [2.75, 3.05) is 0 Å². The monoisotopic (exact) mass is 245 g/mol. The average molecular weight is 245 g/mol. The van der Waals surface area contributed by atoms with E-state index < -0.39 is 10.4 Å². The second-order valence-electron chi connectivity index (χ2n) is 0.448. The summed E-state index contributed by atoms with van der Waals surface area (Å²) in [5.41, 5.74) is 0. The Labute approximate surface area is 74.4 Å². The molecule has 0 amide bonds. The molecule has 0 atom stereocenters. The maximum absolute atomic E-state index is 8.74. The molecule has 0 aromatic heterocycles. The summed E-state index contributed by atoms with van der Waals surface area (Å²) in [5, 5.41) is 0. The summed E-state index contributed by atoms with van der Waals surface area (Å²) >= 11 is 0. The van der Waals surface area contributed by atoms with Crippen LogP contribution < -0.4 is 0 Å². The van der Waals surface area contributed by atoms with Crippen molar-refractivity contribution < 1.29 is 51.7 Å². The second-order valence-corrected chi connectivity index (χ2v) is 1.34. The molecule has 2 N–H and O–H groups in total. The predicted octanol–water partition coefficient (Wildman–Crippen LogP) is -0.236. The minimum Gasteiger partial charge on any atom is -0.264 e. The quantitative estimate of drug-likeness (QED) is 0.456. The molecule has 0 aromatic rings. The summed E-state index contributed by atoms with van der Waals surface area (Å²) in [6.45, 7) is 0. The SMILES string of the molecule is Cl.O=S(=O)(O)O.[Fe].[Mn]. The van der Waals surface area contributed by atoms with E-state index in [-0.39, 0.29) is 46.5 Å². The Kier molecular flexibility index (Phi) is 23.4. The number of hydrogen-bond donors (Lipinski definition) is 2. The van der Waals surface area contributed by atoms with Crippen LogP contribution in [0.3, 0.4) is 0 Å². The largest absolute Gasteiger partial charge is 0.394 e. The van der Waals surface area contributed by atoms with Gasteiger partial charge < -0.3 is 0 Å². The van der Waals surface area contributed by atoms with E-state index in [1.807, 2.05) is 0 Å². The van der Waals surface area contributed by atoms with Crippen LogP contribution in [-0.2, 0) is 44.5 Å². The first-order valence-corrected chi connectivity index (χ1v) is 2.10. The molecular weight excluding hydrogens is 242 g/mol. The third kappa shape index (κ3) is 192. The van der Waals surface area contributed by atoms with Crippen molar-refractivity contribution in [3.63, 3.8) is 0 Å². The van der Waals surface area contributed by atoms with Gasteiger partial charge >= 0.3 is 10.4 Å². The van der Waals surface area contributed by atoms with Crippen LogP contribution in [0, 0.1) is 0 Å². The van der Waals surface area contributed by atoms with E-state index in [9.17, 15) is 0 Å². The van der Waals surface area contributed by atoms with Gasteiger partial charge in [-0.05, 0) is 0 Å². The fourth-order valence-corrected chi connectivity index (χ4v) is 0. The van der Waals surface area contributed by atoms with E-state index in [1.54, 1.807) is 0 Å². The normalized spacial score (nSPS) is 7.25. The van der Waals surface area contributed by atoms with Gasteiger partial charge in [0.1, 0.15) is 0 Å². The molecule has 0 aliphatic carbocycles. The fourth-order valence-electron chi connectivity index (χ4n) is 0. The van der Waals surface area contributed by atoms with Crippen molar-refractivity contribution in [1.29, 1.82) is 0 Å². The molecular formula is H3ClFeMnO4S. The van der Waals surface area contributed by atoms with E-state index in [0.29, 0.717) is 0 Å². The summed E-state index contributed by atoms with van der Waals surface area (Å²) in [5.74, 6) is 0. The van der Waals surface area contributed by atoms with Crippen molar-refractivity contribution in [2.45, 2.75) is 0 Å². The third-order valence-corrected chi connectivity index (χ3v) is 0. The number of hydrogen-bond acceptors (Lipinski definition) is 2. The van der Waals surface area contributed by atoms with Crippen LogP contribution in [0.2, 0.25) is 0 Å². The van der Waals surface area contributed by atoms with Gasteiger partial charge in [0.05, 0.1) is 0 Å². The Morgan fingerprint density at radius 3 is 1.12 bits per heavy atom. The predicted molar refractivity (Wildman–Crippen MR) is 21.4 cm³/mol. The summed E-state index contributed by atoms with van der Waals surface area (Å²) in [4.78, 5) is 0. The molecule has 8 heteroatoms. The maximum Gasteiger partial charge on any atom is 0.394 e. The zero-order chi connectivity index (χ0) is 4.50. The van der Waals surface area contributed by atoms with Crippen LogP contribution in [-0.4, -0.2) is 17.5 Å². The average Bonchev–Trinajstić information content (AvgIpc) is 0.722.